The largest absolute Gasteiger partial charge is 0.497 e. The van der Waals surface area contributed by atoms with E-state index in [1.807, 2.05) is 18.2 Å². The molecule has 8 heteroatoms. The second-order valence-corrected chi connectivity index (χ2v) is 7.74. The van der Waals surface area contributed by atoms with Gasteiger partial charge >= 0.3 is 5.97 Å². The Kier molecular flexibility index (Phi) is 7.20. The number of anilines is 1. The van der Waals surface area contributed by atoms with Crippen molar-refractivity contribution in [2.75, 3.05) is 24.3 Å². The summed E-state index contributed by atoms with van der Waals surface area (Å²) in [5, 5.41) is 9.37. The fourth-order valence-corrected chi connectivity index (χ4v) is 3.77. The van der Waals surface area contributed by atoms with Crippen molar-refractivity contribution in [3.63, 3.8) is 0 Å². The summed E-state index contributed by atoms with van der Waals surface area (Å²) in [6.45, 7) is -0.352. The standard InChI is InChI=1S/C19H23NO6S/c1-25-17-10-8-16(9-11-17)20(27(2,23)24)18(12-13-21)19(22)26-14-15-6-4-3-5-7-15/h3-11,18,21H,12-14H2,1-2H3. The lowest BCUT2D eigenvalue weighted by Gasteiger charge is -2.29. The summed E-state index contributed by atoms with van der Waals surface area (Å²) >= 11 is 0. The SMILES string of the molecule is COc1ccc(N(C(CCO)C(=O)OCc2ccccc2)S(C)(=O)=O)cc1. The number of ether oxygens (including phenoxy) is 2. The van der Waals surface area contributed by atoms with Crippen molar-refractivity contribution in [3.8, 4) is 5.75 Å². The van der Waals surface area contributed by atoms with Crippen LogP contribution >= 0.6 is 0 Å². The van der Waals surface area contributed by atoms with E-state index in [0.717, 1.165) is 16.1 Å². The summed E-state index contributed by atoms with van der Waals surface area (Å²) in [6.07, 6.45) is 0.915. The monoisotopic (exact) mass is 393 g/mol. The van der Waals surface area contributed by atoms with Gasteiger partial charge in [-0.15, -0.1) is 0 Å². The van der Waals surface area contributed by atoms with Crippen LogP contribution < -0.4 is 9.04 Å². The van der Waals surface area contributed by atoms with Gasteiger partial charge in [-0.1, -0.05) is 30.3 Å². The second kappa shape index (κ2) is 9.38. The molecule has 146 valence electrons. The van der Waals surface area contributed by atoms with Crippen molar-refractivity contribution in [1.82, 2.24) is 0 Å². The topological polar surface area (TPSA) is 93.1 Å². The van der Waals surface area contributed by atoms with Gasteiger partial charge in [-0.25, -0.2) is 13.2 Å². The lowest BCUT2D eigenvalue weighted by atomic mass is 10.2. The number of aliphatic hydroxyl groups is 1. The van der Waals surface area contributed by atoms with E-state index in [1.165, 1.54) is 19.2 Å². The van der Waals surface area contributed by atoms with Gasteiger partial charge in [-0.05, 0) is 29.8 Å². The van der Waals surface area contributed by atoms with Crippen LogP contribution in [0.3, 0.4) is 0 Å². The van der Waals surface area contributed by atoms with Crippen LogP contribution in [0.25, 0.3) is 0 Å². The van der Waals surface area contributed by atoms with E-state index >= 15 is 0 Å². The number of methoxy groups -OCH3 is 1. The first-order chi connectivity index (χ1) is 12.9. The van der Waals surface area contributed by atoms with Crippen molar-refractivity contribution in [2.24, 2.45) is 0 Å². The van der Waals surface area contributed by atoms with Crippen LogP contribution in [0.5, 0.6) is 5.75 Å². The highest BCUT2D eigenvalue weighted by Crippen LogP contribution is 2.25. The molecule has 0 saturated heterocycles. The van der Waals surface area contributed by atoms with Crippen LogP contribution in [0, 0.1) is 0 Å². The summed E-state index contributed by atoms with van der Waals surface area (Å²) < 4.78 is 36.1. The molecule has 0 aliphatic carbocycles. The number of hydrogen-bond acceptors (Lipinski definition) is 6. The third-order valence-corrected chi connectivity index (χ3v) is 5.05. The summed E-state index contributed by atoms with van der Waals surface area (Å²) in [4.78, 5) is 12.6. The van der Waals surface area contributed by atoms with Crippen LogP contribution in [-0.4, -0.2) is 45.5 Å². The molecule has 1 atom stereocenters. The first kappa shape index (κ1) is 20.7. The van der Waals surface area contributed by atoms with Gasteiger partial charge in [-0.3, -0.25) is 4.31 Å². The van der Waals surface area contributed by atoms with Crippen LogP contribution in [0.4, 0.5) is 5.69 Å². The molecule has 0 fully saturated rings. The number of carbonyl (C=O) groups is 1. The summed E-state index contributed by atoms with van der Waals surface area (Å²) in [7, 11) is -2.31. The number of sulfonamides is 1. The van der Waals surface area contributed by atoms with Crippen molar-refractivity contribution in [2.45, 2.75) is 19.1 Å². The average molecular weight is 393 g/mol. The number of esters is 1. The molecule has 1 N–H and O–H groups in total. The maximum Gasteiger partial charge on any atom is 0.330 e. The molecule has 0 aliphatic heterocycles. The van der Waals surface area contributed by atoms with Crippen molar-refractivity contribution < 1.29 is 27.8 Å². The predicted molar refractivity (Wildman–Crippen MR) is 102 cm³/mol. The van der Waals surface area contributed by atoms with Gasteiger partial charge in [0.1, 0.15) is 18.4 Å². The quantitative estimate of drug-likeness (QED) is 0.655. The molecule has 0 radical (unpaired) electrons. The van der Waals surface area contributed by atoms with E-state index in [4.69, 9.17) is 9.47 Å². The Morgan fingerprint density at radius 1 is 1.11 bits per heavy atom. The zero-order valence-corrected chi connectivity index (χ0v) is 16.1. The molecule has 2 aromatic rings. The van der Waals surface area contributed by atoms with Crippen molar-refractivity contribution in [1.29, 1.82) is 0 Å². The van der Waals surface area contributed by atoms with Gasteiger partial charge in [0.2, 0.25) is 10.0 Å². The van der Waals surface area contributed by atoms with Crippen molar-refractivity contribution in [3.05, 3.63) is 60.2 Å². The fourth-order valence-electron chi connectivity index (χ4n) is 2.61. The van der Waals surface area contributed by atoms with Gasteiger partial charge < -0.3 is 14.6 Å². The number of carbonyl (C=O) groups excluding carboxylic acids is 1. The fraction of sp³-hybridized carbons (Fsp3) is 0.316. The van der Waals surface area contributed by atoms with E-state index in [9.17, 15) is 18.3 Å². The van der Waals surface area contributed by atoms with Crippen LogP contribution in [0.15, 0.2) is 54.6 Å². The smallest absolute Gasteiger partial charge is 0.330 e. The van der Waals surface area contributed by atoms with Gasteiger partial charge in [0, 0.05) is 13.0 Å². The number of nitrogens with zero attached hydrogens (tertiary/aromatic N) is 1. The zero-order valence-electron chi connectivity index (χ0n) is 15.2. The Morgan fingerprint density at radius 3 is 2.26 bits per heavy atom. The van der Waals surface area contributed by atoms with Crippen LogP contribution in [0.2, 0.25) is 0 Å². The minimum absolute atomic E-state index is 0.0157. The average Bonchev–Trinajstić information content (AvgIpc) is 2.66. The predicted octanol–water partition coefficient (Wildman–Crippen LogP) is 1.96. The number of hydrogen-bond donors (Lipinski definition) is 1. The molecule has 27 heavy (non-hydrogen) atoms. The van der Waals surface area contributed by atoms with E-state index in [-0.39, 0.29) is 25.3 Å². The molecule has 0 spiro atoms. The minimum Gasteiger partial charge on any atom is -0.497 e. The summed E-state index contributed by atoms with van der Waals surface area (Å²) in [5.41, 5.74) is 1.07. The van der Waals surface area contributed by atoms with Crippen LogP contribution in [-0.2, 0) is 26.2 Å². The number of rotatable bonds is 9. The molecule has 2 rings (SSSR count). The van der Waals surface area contributed by atoms with E-state index in [0.29, 0.717) is 5.75 Å². The number of benzene rings is 2. The third-order valence-electron chi connectivity index (χ3n) is 3.87. The highest BCUT2D eigenvalue weighted by Gasteiger charge is 2.33. The summed E-state index contributed by atoms with van der Waals surface area (Å²) in [6, 6.07) is 14.2. The highest BCUT2D eigenvalue weighted by molar-refractivity contribution is 7.92. The Labute approximate surface area is 159 Å². The maximum atomic E-state index is 12.6. The van der Waals surface area contributed by atoms with Crippen LogP contribution in [0.1, 0.15) is 12.0 Å². The second-order valence-electron chi connectivity index (χ2n) is 5.88. The summed E-state index contributed by atoms with van der Waals surface area (Å²) in [5.74, 6) is -0.174. The first-order valence-electron chi connectivity index (χ1n) is 8.31. The lowest BCUT2D eigenvalue weighted by molar-refractivity contribution is -0.146. The normalized spacial score (nSPS) is 12.3. The molecule has 0 saturated carbocycles. The maximum absolute atomic E-state index is 12.6. The zero-order chi connectivity index (χ0) is 19.9. The number of aliphatic hydroxyl groups excluding tert-OH is 1. The molecule has 0 heterocycles. The first-order valence-corrected chi connectivity index (χ1v) is 10.2. The van der Waals surface area contributed by atoms with Gasteiger partial charge in [0.15, 0.2) is 0 Å². The Bertz CT molecular complexity index is 836. The van der Waals surface area contributed by atoms with E-state index < -0.39 is 22.0 Å². The van der Waals surface area contributed by atoms with Gasteiger partial charge in [-0.2, -0.15) is 0 Å². The van der Waals surface area contributed by atoms with Gasteiger partial charge in [0.05, 0.1) is 19.1 Å². The van der Waals surface area contributed by atoms with Crippen molar-refractivity contribution >= 4 is 21.7 Å². The molecule has 7 nitrogen and oxygen atoms in total. The molecule has 0 aliphatic rings. The Balaban J connectivity index is 2.28. The lowest BCUT2D eigenvalue weighted by Crippen LogP contribution is -2.46. The Hall–Kier alpha value is -2.58. The van der Waals surface area contributed by atoms with E-state index in [1.54, 1.807) is 24.3 Å². The minimum atomic E-state index is -3.81. The third kappa shape index (κ3) is 5.70. The molecule has 0 amide bonds. The molecule has 0 aromatic heterocycles. The molecular weight excluding hydrogens is 370 g/mol. The highest BCUT2D eigenvalue weighted by atomic mass is 32.2. The Morgan fingerprint density at radius 2 is 1.74 bits per heavy atom. The molecule has 0 bridgehead atoms. The van der Waals surface area contributed by atoms with Gasteiger partial charge in [0.25, 0.3) is 0 Å². The molecule has 1 unspecified atom stereocenters. The molecular formula is C19H23NO6S. The van der Waals surface area contributed by atoms with E-state index in [2.05, 4.69) is 0 Å². The molecule has 2 aromatic carbocycles.